The summed E-state index contributed by atoms with van der Waals surface area (Å²) in [5.41, 5.74) is 0. The molecule has 0 heterocycles. The predicted molar refractivity (Wildman–Crippen MR) is 83.9 cm³/mol. The predicted octanol–water partition coefficient (Wildman–Crippen LogP) is 1.57. The Morgan fingerprint density at radius 2 is 1.82 bits per heavy atom. The summed E-state index contributed by atoms with van der Waals surface area (Å²) < 4.78 is 11.1. The van der Waals surface area contributed by atoms with Crippen LogP contribution in [0.1, 0.15) is 34.1 Å². The third-order valence-corrected chi connectivity index (χ3v) is 3.06. The fourth-order valence-corrected chi connectivity index (χ4v) is 1.99. The van der Waals surface area contributed by atoms with E-state index in [1.807, 2.05) is 18.7 Å². The van der Waals surface area contributed by atoms with Gasteiger partial charge in [0.05, 0.1) is 0 Å². The summed E-state index contributed by atoms with van der Waals surface area (Å²) in [7, 11) is 0. The van der Waals surface area contributed by atoms with E-state index in [0.717, 1.165) is 13.0 Å². The highest BCUT2D eigenvalue weighted by Gasteiger charge is 2.20. The van der Waals surface area contributed by atoms with E-state index in [-0.39, 0.29) is 6.29 Å². The van der Waals surface area contributed by atoms with Gasteiger partial charge in [0.15, 0.2) is 6.29 Å². The molecule has 0 aliphatic carbocycles. The van der Waals surface area contributed by atoms with Gasteiger partial charge in [-0.2, -0.15) is 0 Å². The molecule has 130 valence electrons. The van der Waals surface area contributed by atoms with Gasteiger partial charge in [0, 0.05) is 26.3 Å². The summed E-state index contributed by atoms with van der Waals surface area (Å²) >= 11 is 0. The van der Waals surface area contributed by atoms with Crippen LogP contribution in [0.25, 0.3) is 0 Å². The van der Waals surface area contributed by atoms with Crippen molar-refractivity contribution in [2.24, 2.45) is 5.92 Å². The Kier molecular flexibility index (Phi) is 11.7. The number of nitrogens with zero attached hydrogens (tertiary/aromatic N) is 1. The third-order valence-electron chi connectivity index (χ3n) is 3.06. The van der Waals surface area contributed by atoms with Crippen molar-refractivity contribution in [2.45, 2.75) is 46.4 Å². The maximum absolute atomic E-state index is 11.0. The molecule has 0 aromatic rings. The van der Waals surface area contributed by atoms with E-state index in [4.69, 9.17) is 14.6 Å². The van der Waals surface area contributed by atoms with Gasteiger partial charge >= 0.3 is 6.09 Å². The molecule has 0 aromatic carbocycles. The Balaban J connectivity index is 4.69. The van der Waals surface area contributed by atoms with Crippen LogP contribution in [0.15, 0.2) is 0 Å². The van der Waals surface area contributed by atoms with Crippen molar-refractivity contribution in [1.29, 1.82) is 0 Å². The molecule has 0 saturated heterocycles. The highest BCUT2D eigenvalue weighted by molar-refractivity contribution is 5.71. The molecule has 7 heteroatoms. The molecule has 0 aliphatic heterocycles. The van der Waals surface area contributed by atoms with E-state index < -0.39 is 12.1 Å². The number of rotatable bonds is 13. The van der Waals surface area contributed by atoms with Crippen LogP contribution < -0.4 is 5.32 Å². The molecule has 0 aliphatic rings. The third kappa shape index (κ3) is 10.5. The summed E-state index contributed by atoms with van der Waals surface area (Å²) in [6.07, 6.45) is -0.0115. The van der Waals surface area contributed by atoms with Crippen LogP contribution in [-0.4, -0.2) is 67.6 Å². The van der Waals surface area contributed by atoms with E-state index in [1.165, 1.54) is 0 Å². The van der Waals surface area contributed by atoms with Crippen LogP contribution in [-0.2, 0) is 14.3 Å². The van der Waals surface area contributed by atoms with Gasteiger partial charge in [0.2, 0.25) is 0 Å². The van der Waals surface area contributed by atoms with Crippen molar-refractivity contribution in [3.63, 3.8) is 0 Å². The zero-order valence-electron chi connectivity index (χ0n) is 14.1. The topological polar surface area (TPSA) is 88.1 Å². The molecule has 0 bridgehead atoms. The number of ether oxygens (including phenoxy) is 2. The number of nitrogens with one attached hydrogen (secondary N) is 1. The number of carboxylic acid groups (broad SMARTS) is 1. The van der Waals surface area contributed by atoms with Crippen molar-refractivity contribution in [2.75, 3.05) is 32.8 Å². The molecular weight excluding hydrogens is 288 g/mol. The van der Waals surface area contributed by atoms with Gasteiger partial charge < -0.3 is 24.7 Å². The summed E-state index contributed by atoms with van der Waals surface area (Å²) in [6, 6.07) is -0.756. The van der Waals surface area contributed by atoms with Crippen molar-refractivity contribution < 1.29 is 24.2 Å². The van der Waals surface area contributed by atoms with Crippen LogP contribution >= 0.6 is 0 Å². The van der Waals surface area contributed by atoms with Gasteiger partial charge in [-0.3, -0.25) is 4.90 Å². The van der Waals surface area contributed by atoms with Gasteiger partial charge in [-0.25, -0.2) is 4.79 Å². The molecule has 1 atom stereocenters. The zero-order valence-corrected chi connectivity index (χ0v) is 14.1. The quantitative estimate of drug-likeness (QED) is 0.396. The smallest absolute Gasteiger partial charge is 0.405 e. The van der Waals surface area contributed by atoms with Crippen LogP contribution in [0.2, 0.25) is 0 Å². The molecule has 22 heavy (non-hydrogen) atoms. The van der Waals surface area contributed by atoms with E-state index in [1.54, 1.807) is 0 Å². The minimum absolute atomic E-state index is 0.305. The summed E-state index contributed by atoms with van der Waals surface area (Å²) in [5.74, 6) is 0.516. The van der Waals surface area contributed by atoms with Gasteiger partial charge in [0.1, 0.15) is 12.3 Å². The second kappa shape index (κ2) is 12.4. The minimum Gasteiger partial charge on any atom is -0.465 e. The van der Waals surface area contributed by atoms with Crippen LogP contribution in [0.3, 0.4) is 0 Å². The number of amides is 1. The lowest BCUT2D eigenvalue weighted by molar-refractivity contribution is -0.148. The lowest BCUT2D eigenvalue weighted by Crippen LogP contribution is -2.47. The highest BCUT2D eigenvalue weighted by atomic mass is 16.7. The Bertz CT molecular complexity index is 306. The molecule has 0 radical (unpaired) electrons. The lowest BCUT2D eigenvalue weighted by Gasteiger charge is -2.29. The normalized spacial score (nSPS) is 12.9. The van der Waals surface area contributed by atoms with Gasteiger partial charge in [-0.1, -0.05) is 13.8 Å². The van der Waals surface area contributed by atoms with Crippen LogP contribution in [0, 0.1) is 5.92 Å². The summed E-state index contributed by atoms with van der Waals surface area (Å²) in [4.78, 5) is 23.7. The first-order chi connectivity index (χ1) is 10.4. The first-order valence-electron chi connectivity index (χ1n) is 7.83. The molecule has 0 saturated carbocycles. The van der Waals surface area contributed by atoms with Crippen molar-refractivity contribution in [1.82, 2.24) is 10.2 Å². The molecule has 7 nitrogen and oxygen atoms in total. The number of carbonyl (C=O) groups is 2. The fourth-order valence-electron chi connectivity index (χ4n) is 1.99. The summed E-state index contributed by atoms with van der Waals surface area (Å²) in [6.45, 7) is 10.6. The lowest BCUT2D eigenvalue weighted by atomic mass is 10.1. The molecule has 0 aromatic heterocycles. The minimum atomic E-state index is -1.20. The molecule has 1 unspecified atom stereocenters. The maximum Gasteiger partial charge on any atom is 0.405 e. The number of hydrogen-bond donors (Lipinski definition) is 2. The number of carbonyl (C=O) groups excluding carboxylic acids is 1. The standard InChI is InChI=1S/C15H30N2O5/c1-5-21-14(22-6-2)10-17(8-7-12(3)4)9-13(11-18)16-15(19)20/h11-14,16H,5-10H2,1-4H3,(H,19,20). The highest BCUT2D eigenvalue weighted by Crippen LogP contribution is 2.06. The molecule has 0 fully saturated rings. The average molecular weight is 318 g/mol. The largest absolute Gasteiger partial charge is 0.465 e. The van der Waals surface area contributed by atoms with E-state index in [2.05, 4.69) is 19.2 Å². The Hall–Kier alpha value is -1.18. The van der Waals surface area contributed by atoms with E-state index in [9.17, 15) is 9.59 Å². The second-order valence-corrected chi connectivity index (χ2v) is 5.47. The van der Waals surface area contributed by atoms with Crippen molar-refractivity contribution in [3.8, 4) is 0 Å². The molecule has 1 amide bonds. The van der Waals surface area contributed by atoms with Crippen molar-refractivity contribution >= 4 is 12.4 Å². The van der Waals surface area contributed by atoms with Crippen LogP contribution in [0.4, 0.5) is 4.79 Å². The van der Waals surface area contributed by atoms with Gasteiger partial charge in [-0.05, 0) is 32.7 Å². The molecular formula is C15H30N2O5. The Morgan fingerprint density at radius 3 is 2.23 bits per heavy atom. The Morgan fingerprint density at radius 1 is 1.23 bits per heavy atom. The number of aldehydes is 1. The average Bonchev–Trinajstić information content (AvgIpc) is 2.43. The molecule has 0 spiro atoms. The van der Waals surface area contributed by atoms with Gasteiger partial charge in [0.25, 0.3) is 0 Å². The van der Waals surface area contributed by atoms with Gasteiger partial charge in [-0.15, -0.1) is 0 Å². The maximum atomic E-state index is 11.0. The SMILES string of the molecule is CCOC(CN(CCC(C)C)CC(C=O)NC(=O)O)OCC. The summed E-state index contributed by atoms with van der Waals surface area (Å²) in [5, 5.41) is 11.0. The molecule has 0 rings (SSSR count). The zero-order chi connectivity index (χ0) is 17.0. The van der Waals surface area contributed by atoms with Crippen molar-refractivity contribution in [3.05, 3.63) is 0 Å². The first kappa shape index (κ1) is 20.8. The van der Waals surface area contributed by atoms with E-state index in [0.29, 0.717) is 38.5 Å². The Labute approximate surface area is 133 Å². The first-order valence-corrected chi connectivity index (χ1v) is 7.83. The monoisotopic (exact) mass is 318 g/mol. The van der Waals surface area contributed by atoms with Crippen LogP contribution in [0.5, 0.6) is 0 Å². The van der Waals surface area contributed by atoms with E-state index >= 15 is 0 Å². The number of hydrogen-bond acceptors (Lipinski definition) is 5. The fraction of sp³-hybridized carbons (Fsp3) is 0.867. The second-order valence-electron chi connectivity index (χ2n) is 5.47. The molecule has 2 N–H and O–H groups in total.